The Morgan fingerprint density at radius 3 is 2.00 bits per heavy atom. The van der Waals surface area contributed by atoms with Crippen molar-refractivity contribution in [2.24, 2.45) is 0 Å². The molecule has 76 valence electrons. The molecule has 7 heteroatoms. The number of hydrogen-bond acceptors (Lipinski definition) is 5. The average Bonchev–Trinajstić information content (AvgIpc) is 2.08. The molecule has 1 aliphatic heterocycles. The third-order valence-corrected chi connectivity index (χ3v) is 1.55. The van der Waals surface area contributed by atoms with Crippen molar-refractivity contribution in [2.75, 3.05) is 32.9 Å². The Labute approximate surface area is 103 Å². The van der Waals surface area contributed by atoms with E-state index >= 15 is 0 Å². The van der Waals surface area contributed by atoms with Crippen LogP contribution in [0.25, 0.3) is 0 Å². The number of ether oxygens (including phenoxy) is 1. The molecule has 5 nitrogen and oxygen atoms in total. The van der Waals surface area contributed by atoms with Gasteiger partial charge in [-0.25, -0.2) is 8.42 Å². The molecule has 1 fully saturated rings. The molecule has 1 aliphatic rings. The van der Waals surface area contributed by atoms with Gasteiger partial charge in [-0.1, -0.05) is 0 Å². The molecule has 0 aromatic heterocycles. The van der Waals surface area contributed by atoms with Gasteiger partial charge in [-0.15, -0.1) is 0 Å². The zero-order valence-electron chi connectivity index (χ0n) is 7.12. The predicted molar refractivity (Wildman–Crippen MR) is 52.8 cm³/mol. The van der Waals surface area contributed by atoms with Crippen LogP contribution in [-0.4, -0.2) is 70.9 Å². The van der Waals surface area contributed by atoms with E-state index in [-0.39, 0.29) is 36.2 Å². The fourth-order valence-corrected chi connectivity index (χ4v) is 0.832. The normalized spacial score (nSPS) is 15.5. The van der Waals surface area contributed by atoms with Crippen LogP contribution in [0.5, 0.6) is 0 Å². The van der Waals surface area contributed by atoms with Crippen LogP contribution in [0.15, 0.2) is 0 Å². The van der Waals surface area contributed by atoms with E-state index in [2.05, 4.69) is 9.50 Å². The summed E-state index contributed by atoms with van der Waals surface area (Å²) in [5, 5.41) is 3.16. The third kappa shape index (κ3) is 15.6. The second-order valence-electron chi connectivity index (χ2n) is 2.00. The molecule has 0 aromatic carbocycles. The Bertz CT molecular complexity index is 141. The number of rotatable bonds is 2. The van der Waals surface area contributed by atoms with Gasteiger partial charge in [-0.2, -0.15) is 0 Å². The summed E-state index contributed by atoms with van der Waals surface area (Å²) in [4.78, 5) is 0. The van der Waals surface area contributed by atoms with Gasteiger partial charge in [-0.3, -0.25) is 4.18 Å². The molecule has 0 unspecified atom stereocenters. The Morgan fingerprint density at radius 1 is 1.38 bits per heavy atom. The standard InChI is InChI=1S/C4H9NO.C2H6O3S.Na.H/c1-3-6-4-2-5-1;1-2-5-6(3)4;;/h5H,1-4H2;6H,2H2,1H3;;. The molecular weight excluding hydrogens is 205 g/mol. The molecule has 0 amide bonds. The molecule has 13 heavy (non-hydrogen) atoms. The molecule has 1 rings (SSSR count). The zero-order valence-corrected chi connectivity index (χ0v) is 8.01. The van der Waals surface area contributed by atoms with Crippen LogP contribution in [-0.2, 0) is 19.9 Å². The van der Waals surface area contributed by atoms with Crippen LogP contribution in [0.2, 0.25) is 0 Å². The quantitative estimate of drug-likeness (QED) is 0.439. The van der Waals surface area contributed by atoms with Gasteiger partial charge in [0.05, 0.1) is 19.8 Å². The molecule has 0 aromatic rings. The molecule has 0 radical (unpaired) electrons. The number of morpholine rings is 1. The molecule has 1 N–H and O–H groups in total. The van der Waals surface area contributed by atoms with Gasteiger partial charge >= 0.3 is 29.6 Å². The predicted octanol–water partition coefficient (Wildman–Crippen LogP) is -1.49. The van der Waals surface area contributed by atoms with Gasteiger partial charge in [0.2, 0.25) is 0 Å². The zero-order chi connectivity index (χ0) is 9.23. The van der Waals surface area contributed by atoms with E-state index in [1.807, 2.05) is 0 Å². The van der Waals surface area contributed by atoms with Crippen LogP contribution in [0.1, 0.15) is 6.92 Å². The Balaban J connectivity index is 0. The van der Waals surface area contributed by atoms with Gasteiger partial charge in [0.1, 0.15) is 0 Å². The maximum atomic E-state index is 9.41. The second-order valence-corrected chi connectivity index (χ2v) is 2.71. The van der Waals surface area contributed by atoms with E-state index in [1.165, 1.54) is 0 Å². The third-order valence-electron chi connectivity index (χ3n) is 1.08. The fourth-order valence-electron chi connectivity index (χ4n) is 0.621. The van der Waals surface area contributed by atoms with Crippen molar-refractivity contribution in [3.8, 4) is 0 Å². The summed E-state index contributed by atoms with van der Waals surface area (Å²) in [6.45, 7) is 5.68. The van der Waals surface area contributed by atoms with Crippen molar-refractivity contribution in [2.45, 2.75) is 6.92 Å². The van der Waals surface area contributed by atoms with E-state index in [4.69, 9.17) is 4.74 Å². The first kappa shape index (κ1) is 16.3. The fraction of sp³-hybridized carbons (Fsp3) is 1.00. The first-order valence-electron chi connectivity index (χ1n) is 3.83. The number of hydrogen-bond donors (Lipinski definition) is 2. The molecule has 0 saturated carbocycles. The van der Waals surface area contributed by atoms with Crippen LogP contribution in [0.3, 0.4) is 0 Å². The van der Waals surface area contributed by atoms with E-state index < -0.39 is 11.0 Å². The topological polar surface area (TPSA) is 64.6 Å². The Morgan fingerprint density at radius 2 is 1.92 bits per heavy atom. The van der Waals surface area contributed by atoms with Crippen LogP contribution < -0.4 is 5.32 Å². The van der Waals surface area contributed by atoms with Crippen molar-refractivity contribution in [1.82, 2.24) is 5.32 Å². The molecule has 0 atom stereocenters. The summed E-state index contributed by atoms with van der Waals surface area (Å²) >= 11 is 0. The van der Waals surface area contributed by atoms with E-state index in [0.29, 0.717) is 0 Å². The van der Waals surface area contributed by atoms with Crippen LogP contribution in [0.4, 0.5) is 0 Å². The second kappa shape index (κ2) is 12.8. The SMILES string of the molecule is C1COCCN1.CCO[SH](=O)=O.[NaH]. The summed E-state index contributed by atoms with van der Waals surface area (Å²) in [5.74, 6) is 0. The van der Waals surface area contributed by atoms with Crippen molar-refractivity contribution < 1.29 is 17.3 Å². The van der Waals surface area contributed by atoms with Gasteiger partial charge in [0.15, 0.2) is 0 Å². The van der Waals surface area contributed by atoms with Crippen molar-refractivity contribution >= 4 is 40.5 Å². The minimum atomic E-state index is -2.60. The summed E-state index contributed by atoms with van der Waals surface area (Å²) in [6, 6.07) is 0. The molecule has 0 bridgehead atoms. The van der Waals surface area contributed by atoms with E-state index in [0.717, 1.165) is 26.3 Å². The van der Waals surface area contributed by atoms with E-state index in [9.17, 15) is 8.42 Å². The van der Waals surface area contributed by atoms with Crippen molar-refractivity contribution in [3.63, 3.8) is 0 Å². The van der Waals surface area contributed by atoms with Crippen molar-refractivity contribution in [3.05, 3.63) is 0 Å². The summed E-state index contributed by atoms with van der Waals surface area (Å²) in [5.41, 5.74) is 0. The summed E-state index contributed by atoms with van der Waals surface area (Å²) in [7, 11) is -2.60. The Hall–Kier alpha value is 0.830. The molecular formula is C6H16NNaO4S. The molecule has 1 heterocycles. The van der Waals surface area contributed by atoms with Crippen molar-refractivity contribution in [1.29, 1.82) is 0 Å². The summed E-state index contributed by atoms with van der Waals surface area (Å²) < 4.78 is 27.8. The Kier molecular flexibility index (Phi) is 16.1. The first-order valence-corrected chi connectivity index (χ1v) is 4.92. The van der Waals surface area contributed by atoms with E-state index in [1.54, 1.807) is 6.92 Å². The molecule has 1 saturated heterocycles. The molecule has 0 spiro atoms. The summed E-state index contributed by atoms with van der Waals surface area (Å²) in [6.07, 6.45) is 0. The van der Waals surface area contributed by atoms with Gasteiger partial charge in [0, 0.05) is 13.1 Å². The van der Waals surface area contributed by atoms with Gasteiger partial charge in [0.25, 0.3) is 11.0 Å². The van der Waals surface area contributed by atoms with Gasteiger partial charge < -0.3 is 10.1 Å². The maximum absolute atomic E-state index is 9.41. The minimum absolute atomic E-state index is 0. The number of nitrogens with one attached hydrogen (secondary N) is 1. The molecule has 0 aliphatic carbocycles. The average molecular weight is 221 g/mol. The first-order chi connectivity index (χ1) is 5.77. The number of thiol groups is 1. The van der Waals surface area contributed by atoms with Gasteiger partial charge in [-0.05, 0) is 6.92 Å². The van der Waals surface area contributed by atoms with Crippen LogP contribution in [0, 0.1) is 0 Å². The monoisotopic (exact) mass is 221 g/mol. The van der Waals surface area contributed by atoms with Crippen LogP contribution >= 0.6 is 0 Å².